The lowest BCUT2D eigenvalue weighted by atomic mass is 10.1. The van der Waals surface area contributed by atoms with E-state index in [0.717, 1.165) is 5.56 Å². The zero-order valence-corrected chi connectivity index (χ0v) is 8.64. The zero-order chi connectivity index (χ0) is 10.3. The van der Waals surface area contributed by atoms with Crippen molar-refractivity contribution in [2.45, 2.75) is 13.8 Å². The maximum absolute atomic E-state index is 11.6. The molecule has 3 nitrogen and oxygen atoms in total. The highest BCUT2D eigenvalue weighted by molar-refractivity contribution is 6.35. The van der Waals surface area contributed by atoms with Crippen LogP contribution in [0.5, 0.6) is 0 Å². The highest BCUT2D eigenvalue weighted by Gasteiger charge is 2.07. The van der Waals surface area contributed by atoms with Gasteiger partial charge in [0.1, 0.15) is 5.82 Å². The van der Waals surface area contributed by atoms with E-state index in [0.29, 0.717) is 21.7 Å². The van der Waals surface area contributed by atoms with E-state index in [2.05, 4.69) is 9.97 Å². The Kier molecular flexibility index (Phi) is 2.04. The topological polar surface area (TPSA) is 45.8 Å². The van der Waals surface area contributed by atoms with Gasteiger partial charge in [0.2, 0.25) is 0 Å². The highest BCUT2D eigenvalue weighted by Crippen LogP contribution is 2.21. The molecule has 0 aliphatic heterocycles. The van der Waals surface area contributed by atoms with Crippen LogP contribution in [0.3, 0.4) is 0 Å². The van der Waals surface area contributed by atoms with Crippen LogP contribution < -0.4 is 5.56 Å². The van der Waals surface area contributed by atoms with E-state index >= 15 is 0 Å². The fourth-order valence-electron chi connectivity index (χ4n) is 1.48. The molecule has 0 radical (unpaired) electrons. The van der Waals surface area contributed by atoms with Crippen LogP contribution in [0.4, 0.5) is 0 Å². The molecule has 2 rings (SSSR count). The minimum Gasteiger partial charge on any atom is -0.310 e. The first-order chi connectivity index (χ1) is 6.59. The normalized spacial score (nSPS) is 10.8. The summed E-state index contributed by atoms with van der Waals surface area (Å²) in [5, 5.41) is 1.09. The first kappa shape index (κ1) is 9.21. The summed E-state index contributed by atoms with van der Waals surface area (Å²) in [6, 6.07) is 3.57. The van der Waals surface area contributed by atoms with Crippen LogP contribution in [0.2, 0.25) is 5.02 Å². The number of benzene rings is 1. The lowest BCUT2D eigenvalue weighted by molar-refractivity contribution is 1.06. The smallest absolute Gasteiger partial charge is 0.259 e. The molecule has 0 saturated heterocycles. The van der Waals surface area contributed by atoms with Crippen LogP contribution in [-0.2, 0) is 0 Å². The largest absolute Gasteiger partial charge is 0.310 e. The molecule has 72 valence electrons. The average molecular weight is 209 g/mol. The number of rotatable bonds is 0. The molecular weight excluding hydrogens is 200 g/mol. The van der Waals surface area contributed by atoms with Gasteiger partial charge in [0.25, 0.3) is 5.56 Å². The summed E-state index contributed by atoms with van der Waals surface area (Å²) in [5.74, 6) is 0.579. The predicted octanol–water partition coefficient (Wildman–Crippen LogP) is 2.19. The van der Waals surface area contributed by atoms with Crippen molar-refractivity contribution in [2.24, 2.45) is 0 Å². The van der Waals surface area contributed by atoms with E-state index in [1.807, 2.05) is 13.0 Å². The maximum atomic E-state index is 11.6. The number of aromatic amines is 1. The number of nitrogens with one attached hydrogen (secondary N) is 1. The van der Waals surface area contributed by atoms with Crippen LogP contribution >= 0.6 is 11.6 Å². The Morgan fingerprint density at radius 2 is 2.07 bits per heavy atom. The number of hydrogen-bond acceptors (Lipinski definition) is 2. The molecular formula is C10H9ClN2O. The molecule has 1 N–H and O–H groups in total. The van der Waals surface area contributed by atoms with Crippen molar-refractivity contribution in [1.82, 2.24) is 9.97 Å². The maximum Gasteiger partial charge on any atom is 0.259 e. The van der Waals surface area contributed by atoms with Gasteiger partial charge < -0.3 is 4.98 Å². The molecule has 0 amide bonds. The van der Waals surface area contributed by atoms with E-state index in [4.69, 9.17) is 11.6 Å². The Morgan fingerprint density at radius 3 is 2.79 bits per heavy atom. The molecule has 0 unspecified atom stereocenters. The summed E-state index contributed by atoms with van der Waals surface area (Å²) >= 11 is 5.96. The van der Waals surface area contributed by atoms with E-state index in [-0.39, 0.29) is 5.56 Å². The van der Waals surface area contributed by atoms with Crippen molar-refractivity contribution in [3.63, 3.8) is 0 Å². The van der Waals surface area contributed by atoms with Gasteiger partial charge in [0.05, 0.1) is 15.9 Å². The van der Waals surface area contributed by atoms with Crippen molar-refractivity contribution >= 4 is 22.5 Å². The zero-order valence-electron chi connectivity index (χ0n) is 7.89. The number of halogens is 1. The first-order valence-electron chi connectivity index (χ1n) is 4.25. The van der Waals surface area contributed by atoms with Crippen molar-refractivity contribution in [1.29, 1.82) is 0 Å². The van der Waals surface area contributed by atoms with Gasteiger partial charge in [0, 0.05) is 0 Å². The summed E-state index contributed by atoms with van der Waals surface area (Å²) in [6.07, 6.45) is 0. The third-order valence-electron chi connectivity index (χ3n) is 2.14. The van der Waals surface area contributed by atoms with Gasteiger partial charge in [-0.1, -0.05) is 17.7 Å². The van der Waals surface area contributed by atoms with Crippen molar-refractivity contribution in [3.05, 3.63) is 38.9 Å². The van der Waals surface area contributed by atoms with E-state index in [1.54, 1.807) is 13.0 Å². The molecule has 0 fully saturated rings. The Hall–Kier alpha value is -1.35. The number of fused-ring (bicyclic) bond motifs is 1. The van der Waals surface area contributed by atoms with Gasteiger partial charge >= 0.3 is 0 Å². The molecule has 0 atom stereocenters. The SMILES string of the molecule is Cc1nc2c(Cl)ccc(C)c2c(=O)[nH]1. The summed E-state index contributed by atoms with van der Waals surface area (Å²) in [4.78, 5) is 18.5. The lowest BCUT2D eigenvalue weighted by Crippen LogP contribution is -2.11. The van der Waals surface area contributed by atoms with E-state index in [1.165, 1.54) is 0 Å². The first-order valence-corrected chi connectivity index (χ1v) is 4.63. The second-order valence-corrected chi connectivity index (χ2v) is 3.65. The van der Waals surface area contributed by atoms with Crippen LogP contribution in [0.1, 0.15) is 11.4 Å². The molecule has 0 aliphatic carbocycles. The molecule has 0 aliphatic rings. The average Bonchev–Trinajstić information content (AvgIpc) is 2.10. The minimum absolute atomic E-state index is 0.132. The summed E-state index contributed by atoms with van der Waals surface area (Å²) < 4.78 is 0. The Labute approximate surface area is 85.7 Å². The Morgan fingerprint density at radius 1 is 1.36 bits per heavy atom. The minimum atomic E-state index is -0.132. The van der Waals surface area contributed by atoms with E-state index in [9.17, 15) is 4.79 Å². The molecule has 14 heavy (non-hydrogen) atoms. The summed E-state index contributed by atoms with van der Waals surface area (Å²) in [6.45, 7) is 3.60. The molecule has 0 bridgehead atoms. The predicted molar refractivity (Wildman–Crippen MR) is 56.8 cm³/mol. The van der Waals surface area contributed by atoms with Gasteiger partial charge in [-0.2, -0.15) is 0 Å². The van der Waals surface area contributed by atoms with Gasteiger partial charge in [-0.15, -0.1) is 0 Å². The second-order valence-electron chi connectivity index (χ2n) is 3.24. The number of nitrogens with zero attached hydrogens (tertiary/aromatic N) is 1. The van der Waals surface area contributed by atoms with Crippen molar-refractivity contribution < 1.29 is 0 Å². The van der Waals surface area contributed by atoms with Gasteiger partial charge in [0.15, 0.2) is 0 Å². The fourth-order valence-corrected chi connectivity index (χ4v) is 1.68. The van der Waals surface area contributed by atoms with Gasteiger partial charge in [-0.3, -0.25) is 4.79 Å². The van der Waals surface area contributed by atoms with Crippen molar-refractivity contribution in [2.75, 3.05) is 0 Å². The number of aryl methyl sites for hydroxylation is 2. The van der Waals surface area contributed by atoms with Crippen LogP contribution in [0.15, 0.2) is 16.9 Å². The standard InChI is InChI=1S/C10H9ClN2O/c1-5-3-4-7(11)9-8(5)10(14)13-6(2)12-9/h3-4H,1-2H3,(H,12,13,14). The second kappa shape index (κ2) is 3.10. The monoisotopic (exact) mass is 208 g/mol. The summed E-state index contributed by atoms with van der Waals surface area (Å²) in [7, 11) is 0. The number of aromatic nitrogens is 2. The fraction of sp³-hybridized carbons (Fsp3) is 0.200. The molecule has 0 saturated carbocycles. The van der Waals surface area contributed by atoms with Crippen LogP contribution in [-0.4, -0.2) is 9.97 Å². The highest BCUT2D eigenvalue weighted by atomic mass is 35.5. The number of hydrogen-bond donors (Lipinski definition) is 1. The van der Waals surface area contributed by atoms with Crippen LogP contribution in [0, 0.1) is 13.8 Å². The quantitative estimate of drug-likeness (QED) is 0.722. The van der Waals surface area contributed by atoms with Crippen molar-refractivity contribution in [3.8, 4) is 0 Å². The molecule has 0 spiro atoms. The summed E-state index contributed by atoms with van der Waals surface area (Å²) in [5.41, 5.74) is 1.33. The Balaban J connectivity index is 3.08. The van der Waals surface area contributed by atoms with Crippen LogP contribution in [0.25, 0.3) is 10.9 Å². The molecule has 1 aromatic carbocycles. The van der Waals surface area contributed by atoms with Gasteiger partial charge in [-0.25, -0.2) is 4.98 Å². The molecule has 4 heteroatoms. The van der Waals surface area contributed by atoms with E-state index < -0.39 is 0 Å². The third-order valence-corrected chi connectivity index (χ3v) is 2.44. The molecule has 2 aromatic rings. The molecule has 1 aromatic heterocycles. The van der Waals surface area contributed by atoms with Gasteiger partial charge in [-0.05, 0) is 25.5 Å². The molecule has 1 heterocycles. The third kappa shape index (κ3) is 1.30. The lowest BCUT2D eigenvalue weighted by Gasteiger charge is -2.03. The Bertz CT molecular complexity index is 560. The number of H-pyrrole nitrogens is 1.